The Morgan fingerprint density at radius 3 is 1.64 bits per heavy atom. The van der Waals surface area contributed by atoms with Crippen LogP contribution in [0.5, 0.6) is 0 Å². The van der Waals surface area contributed by atoms with Gasteiger partial charge in [-0.1, -0.05) is 84.9 Å². The summed E-state index contributed by atoms with van der Waals surface area (Å²) in [6, 6.07) is 26.3. The number of carbonyl (C=O) groups excluding carboxylic acids is 3. The van der Waals surface area contributed by atoms with Crippen LogP contribution in [0.2, 0.25) is 0 Å². The van der Waals surface area contributed by atoms with E-state index < -0.39 is 41.2 Å². The van der Waals surface area contributed by atoms with E-state index in [4.69, 9.17) is 14.2 Å². The number of rotatable bonds is 6. The summed E-state index contributed by atoms with van der Waals surface area (Å²) in [6.45, 7) is 0.512. The number of carbonyl (C=O) groups is 3. The number of ether oxygens (including phenoxy) is 3. The molecule has 3 aromatic rings. The molecule has 8 nitrogen and oxygen atoms in total. The molecular weight excluding hydrogens is 496 g/mol. The van der Waals surface area contributed by atoms with Gasteiger partial charge in [-0.25, -0.2) is 14.4 Å². The molecule has 39 heavy (non-hydrogen) atoms. The summed E-state index contributed by atoms with van der Waals surface area (Å²) in [6.07, 6.45) is -0.464. The second kappa shape index (κ2) is 8.41. The van der Waals surface area contributed by atoms with E-state index in [9.17, 15) is 14.4 Å². The molecule has 3 fully saturated rings. The van der Waals surface area contributed by atoms with E-state index >= 15 is 0 Å². The molecular formula is C31H28N2O6. The van der Waals surface area contributed by atoms with E-state index in [-0.39, 0.29) is 18.4 Å². The highest BCUT2D eigenvalue weighted by Gasteiger charge is 3.02. The van der Waals surface area contributed by atoms with E-state index in [1.807, 2.05) is 89.8 Å². The number of fused-ring (bicyclic) bond motifs is 11. The molecule has 1 saturated carbocycles. The first-order valence-corrected chi connectivity index (χ1v) is 13.1. The Morgan fingerprint density at radius 1 is 0.692 bits per heavy atom. The first-order chi connectivity index (χ1) is 19.0. The van der Waals surface area contributed by atoms with E-state index in [1.165, 1.54) is 14.2 Å². The Kier molecular flexibility index (Phi) is 5.16. The fourth-order valence-electron chi connectivity index (χ4n) is 8.00. The number of nitrogens with zero attached hydrogens (tertiary/aromatic N) is 2. The summed E-state index contributed by atoms with van der Waals surface area (Å²) in [7, 11) is 2.69. The zero-order valence-corrected chi connectivity index (χ0v) is 21.7. The van der Waals surface area contributed by atoms with Crippen molar-refractivity contribution in [1.29, 1.82) is 0 Å². The van der Waals surface area contributed by atoms with Crippen molar-refractivity contribution in [2.75, 3.05) is 14.2 Å². The van der Waals surface area contributed by atoms with E-state index in [1.54, 1.807) is 4.90 Å². The monoisotopic (exact) mass is 524 g/mol. The van der Waals surface area contributed by atoms with Gasteiger partial charge < -0.3 is 14.2 Å². The van der Waals surface area contributed by atoms with Gasteiger partial charge in [-0.2, -0.15) is 0 Å². The summed E-state index contributed by atoms with van der Waals surface area (Å²) >= 11 is 0. The Hall–Kier alpha value is -4.17. The molecule has 0 N–H and O–H groups in total. The lowest BCUT2D eigenvalue weighted by atomic mass is 9.51. The summed E-state index contributed by atoms with van der Waals surface area (Å²) in [5.41, 5.74) is 1.34. The number of esters is 2. The van der Waals surface area contributed by atoms with Crippen LogP contribution in [0, 0.1) is 11.8 Å². The van der Waals surface area contributed by atoms with Gasteiger partial charge in [0, 0.05) is 18.4 Å². The largest absolute Gasteiger partial charge is 0.468 e. The number of hydrogen-bond acceptors (Lipinski definition) is 7. The zero-order valence-electron chi connectivity index (χ0n) is 21.7. The number of benzene rings is 3. The van der Waals surface area contributed by atoms with Crippen LogP contribution in [0.4, 0.5) is 4.79 Å². The van der Waals surface area contributed by atoms with Crippen molar-refractivity contribution in [2.24, 2.45) is 11.8 Å². The average molecular weight is 525 g/mol. The second-order valence-electron chi connectivity index (χ2n) is 10.6. The van der Waals surface area contributed by atoms with Gasteiger partial charge in [0.2, 0.25) is 0 Å². The van der Waals surface area contributed by atoms with Crippen LogP contribution in [0.25, 0.3) is 0 Å². The quantitative estimate of drug-likeness (QED) is 0.208. The molecule has 7 rings (SSSR count). The molecule has 4 aliphatic rings. The maximum absolute atomic E-state index is 13.7. The smallest absolute Gasteiger partial charge is 0.411 e. The zero-order chi connectivity index (χ0) is 26.9. The van der Waals surface area contributed by atoms with Gasteiger partial charge in [0.1, 0.15) is 6.61 Å². The third-order valence-electron chi connectivity index (χ3n) is 9.24. The highest BCUT2D eigenvalue weighted by atomic mass is 16.6. The minimum absolute atomic E-state index is 0.131. The molecule has 3 heterocycles. The van der Waals surface area contributed by atoms with Crippen molar-refractivity contribution in [3.8, 4) is 0 Å². The number of amides is 1. The van der Waals surface area contributed by atoms with Gasteiger partial charge in [0.05, 0.1) is 26.3 Å². The van der Waals surface area contributed by atoms with Crippen molar-refractivity contribution in [1.82, 2.24) is 9.80 Å². The summed E-state index contributed by atoms with van der Waals surface area (Å²) < 4.78 is 16.5. The maximum atomic E-state index is 13.7. The molecule has 0 radical (unpaired) electrons. The lowest BCUT2D eigenvalue weighted by Gasteiger charge is -2.46. The predicted octanol–water partition coefficient (Wildman–Crippen LogP) is 4.02. The van der Waals surface area contributed by atoms with Crippen LogP contribution in [0.15, 0.2) is 84.9 Å². The SMILES string of the molecule is COC(=O)[C@@]12[C@@H]3[C@@H]([C@H]4c5ccccc5[C@@H]3N4C(=O)OCc3ccccc3)[C@]1(C(=O)OC)N2Cc1ccccc1. The van der Waals surface area contributed by atoms with Gasteiger partial charge in [0.25, 0.3) is 0 Å². The minimum atomic E-state index is -1.24. The lowest BCUT2D eigenvalue weighted by Crippen LogP contribution is -2.64. The van der Waals surface area contributed by atoms with Gasteiger partial charge in [-0.05, 0) is 22.3 Å². The Bertz CT molecular complexity index is 1420. The lowest BCUT2D eigenvalue weighted by molar-refractivity contribution is -0.162. The Balaban J connectivity index is 1.32. The molecule has 1 unspecified atom stereocenters. The van der Waals surface area contributed by atoms with Crippen LogP contribution in [-0.2, 0) is 37.0 Å². The normalized spacial score (nSPS) is 32.3. The molecule has 1 aliphatic carbocycles. The maximum Gasteiger partial charge on any atom is 0.411 e. The van der Waals surface area contributed by atoms with Crippen LogP contribution in [-0.4, -0.2) is 53.1 Å². The van der Waals surface area contributed by atoms with Crippen molar-refractivity contribution < 1.29 is 28.6 Å². The highest BCUT2D eigenvalue weighted by Crippen LogP contribution is 2.84. The predicted molar refractivity (Wildman–Crippen MR) is 139 cm³/mol. The third kappa shape index (κ3) is 2.79. The van der Waals surface area contributed by atoms with Crippen molar-refractivity contribution in [2.45, 2.75) is 36.3 Å². The van der Waals surface area contributed by atoms with Gasteiger partial charge >= 0.3 is 18.0 Å². The first-order valence-electron chi connectivity index (χ1n) is 13.1. The molecule has 8 heteroatoms. The summed E-state index contributed by atoms with van der Waals surface area (Å²) in [5, 5.41) is 0. The van der Waals surface area contributed by atoms with Crippen molar-refractivity contribution >= 4 is 18.0 Å². The number of likely N-dealkylation sites (tertiary alicyclic amines) is 1. The third-order valence-corrected chi connectivity index (χ3v) is 9.24. The molecule has 3 aromatic carbocycles. The van der Waals surface area contributed by atoms with E-state index in [2.05, 4.69) is 0 Å². The van der Waals surface area contributed by atoms with Crippen molar-refractivity contribution in [3.05, 3.63) is 107 Å². The molecule has 0 aromatic heterocycles. The van der Waals surface area contributed by atoms with E-state index in [0.717, 1.165) is 22.3 Å². The van der Waals surface area contributed by atoms with Gasteiger partial charge in [-0.3, -0.25) is 9.80 Å². The molecule has 198 valence electrons. The highest BCUT2D eigenvalue weighted by molar-refractivity contribution is 6.06. The molecule has 2 saturated heterocycles. The second-order valence-corrected chi connectivity index (χ2v) is 10.6. The van der Waals surface area contributed by atoms with Crippen LogP contribution in [0.1, 0.15) is 34.3 Å². The molecule has 3 aliphatic heterocycles. The van der Waals surface area contributed by atoms with Gasteiger partial charge in [-0.15, -0.1) is 0 Å². The standard InChI is InChI=1S/C31H28N2O6/c1-37-27(34)30-23-24(31(30,28(35)38-2)32(30)17-19-11-5-3-6-12-19)26-22-16-10-9-15-21(22)25(23)33(26)29(36)39-18-20-13-7-4-8-14-20/h3-16,23-26H,17-18H2,1-2H3/t23-,24+,25+,26-,30+,31-,32?. The number of hydrogen-bond donors (Lipinski definition) is 0. The van der Waals surface area contributed by atoms with Gasteiger partial charge in [0.15, 0.2) is 11.1 Å². The molecule has 2 bridgehead atoms. The van der Waals surface area contributed by atoms with Crippen molar-refractivity contribution in [3.63, 3.8) is 0 Å². The fourth-order valence-corrected chi connectivity index (χ4v) is 8.00. The number of methoxy groups -OCH3 is 2. The topological polar surface area (TPSA) is 85.2 Å². The van der Waals surface area contributed by atoms with Crippen LogP contribution in [0.3, 0.4) is 0 Å². The van der Waals surface area contributed by atoms with E-state index in [0.29, 0.717) is 6.54 Å². The van der Waals surface area contributed by atoms with Crippen LogP contribution >= 0.6 is 0 Å². The molecule has 0 spiro atoms. The minimum Gasteiger partial charge on any atom is -0.468 e. The first kappa shape index (κ1) is 23.9. The molecule has 7 atom stereocenters. The Labute approximate surface area is 226 Å². The van der Waals surface area contributed by atoms with Crippen LogP contribution < -0.4 is 0 Å². The Morgan fingerprint density at radius 2 is 1.15 bits per heavy atom. The fraction of sp³-hybridized carbons (Fsp3) is 0.323. The summed E-state index contributed by atoms with van der Waals surface area (Å²) in [5.74, 6) is -1.66. The summed E-state index contributed by atoms with van der Waals surface area (Å²) in [4.78, 5) is 44.8. The average Bonchev–Trinajstić information content (AvgIpc) is 3.18. The molecule has 1 amide bonds.